The Labute approximate surface area is 204 Å². The summed E-state index contributed by atoms with van der Waals surface area (Å²) < 4.78 is 27.1. The van der Waals surface area contributed by atoms with Crippen molar-refractivity contribution in [1.82, 2.24) is 14.5 Å². The van der Waals surface area contributed by atoms with E-state index in [1.807, 2.05) is 24.3 Å². The van der Waals surface area contributed by atoms with Crippen LogP contribution >= 0.6 is 0 Å². The number of urea groups is 1. The Kier molecular flexibility index (Phi) is 6.10. The lowest BCUT2D eigenvalue weighted by Gasteiger charge is -2.33. The third-order valence-electron chi connectivity index (χ3n) is 7.04. The van der Waals surface area contributed by atoms with E-state index >= 15 is 0 Å². The highest BCUT2D eigenvalue weighted by Gasteiger charge is 2.54. The maximum atomic E-state index is 13.3. The van der Waals surface area contributed by atoms with E-state index in [4.69, 9.17) is 0 Å². The highest BCUT2D eigenvalue weighted by molar-refractivity contribution is 7.89. The van der Waals surface area contributed by atoms with Crippen molar-refractivity contribution < 1.29 is 22.8 Å². The topological polar surface area (TPSA) is 116 Å². The predicted octanol–water partition coefficient (Wildman–Crippen LogP) is 2.58. The maximum absolute atomic E-state index is 13.3. The number of amides is 4. The van der Waals surface area contributed by atoms with Crippen LogP contribution in [0.5, 0.6) is 0 Å². The second kappa shape index (κ2) is 9.09. The average Bonchev–Trinajstić information content (AvgIpc) is 3.09. The standard InChI is InChI=1S/C25H28N4O5S/c30-22(26-19-10-12-20(13-11-19)35(33,34)28-15-4-1-5-16-28)17-29-23(31)25(27-24(29)32)14-6-8-18-7-2-3-9-21(18)25/h2-3,7,9-13H,1,4-6,8,14-17H2,(H,26,30)(H,27,32). The van der Waals surface area contributed by atoms with Crippen LogP contribution < -0.4 is 10.6 Å². The van der Waals surface area contributed by atoms with Crippen molar-refractivity contribution in [2.24, 2.45) is 0 Å². The largest absolute Gasteiger partial charge is 0.325 e. The van der Waals surface area contributed by atoms with Gasteiger partial charge in [0.25, 0.3) is 5.91 Å². The first kappa shape index (κ1) is 23.5. The number of piperidine rings is 1. The number of fused-ring (bicyclic) bond motifs is 2. The van der Waals surface area contributed by atoms with Crippen LogP contribution in [0.2, 0.25) is 0 Å². The van der Waals surface area contributed by atoms with Gasteiger partial charge < -0.3 is 10.6 Å². The minimum atomic E-state index is -3.57. The number of hydrogen-bond donors (Lipinski definition) is 2. The number of hydrogen-bond acceptors (Lipinski definition) is 5. The molecule has 35 heavy (non-hydrogen) atoms. The third-order valence-corrected chi connectivity index (χ3v) is 8.96. The molecule has 0 bridgehead atoms. The van der Waals surface area contributed by atoms with E-state index in [9.17, 15) is 22.8 Å². The number of aryl methyl sites for hydroxylation is 1. The minimum absolute atomic E-state index is 0.171. The number of rotatable bonds is 5. The highest BCUT2D eigenvalue weighted by atomic mass is 32.2. The number of imide groups is 1. The molecule has 184 valence electrons. The Morgan fingerprint density at radius 3 is 2.43 bits per heavy atom. The summed E-state index contributed by atoms with van der Waals surface area (Å²) in [7, 11) is -3.57. The first-order valence-electron chi connectivity index (χ1n) is 11.9. The van der Waals surface area contributed by atoms with E-state index in [2.05, 4.69) is 10.6 Å². The molecule has 2 N–H and O–H groups in total. The van der Waals surface area contributed by atoms with Crippen molar-refractivity contribution in [1.29, 1.82) is 0 Å². The SMILES string of the molecule is O=C(CN1C(=O)NC2(CCCc3ccccc32)C1=O)Nc1ccc(S(=O)(=O)N2CCCCC2)cc1. The van der Waals surface area contributed by atoms with Gasteiger partial charge in [0.05, 0.1) is 4.90 Å². The van der Waals surface area contributed by atoms with Gasteiger partial charge in [0, 0.05) is 18.8 Å². The monoisotopic (exact) mass is 496 g/mol. The molecular weight excluding hydrogens is 468 g/mol. The van der Waals surface area contributed by atoms with Crippen LogP contribution in [0.4, 0.5) is 10.5 Å². The lowest BCUT2D eigenvalue weighted by molar-refractivity contribution is -0.134. The smallest absolute Gasteiger partial charge is 0.325 e. The molecule has 0 saturated carbocycles. The summed E-state index contributed by atoms with van der Waals surface area (Å²) in [5, 5.41) is 5.49. The molecular formula is C25H28N4O5S. The van der Waals surface area contributed by atoms with Gasteiger partial charge in [-0.1, -0.05) is 30.7 Å². The van der Waals surface area contributed by atoms with E-state index in [-0.39, 0.29) is 4.90 Å². The van der Waals surface area contributed by atoms with Gasteiger partial charge in [0.1, 0.15) is 12.1 Å². The van der Waals surface area contributed by atoms with Gasteiger partial charge in [-0.25, -0.2) is 13.2 Å². The fourth-order valence-corrected chi connectivity index (χ4v) is 6.78. The Bertz CT molecular complexity index is 1270. The normalized spacial score (nSPS) is 22.7. The second-order valence-corrected chi connectivity index (χ2v) is 11.2. The zero-order valence-electron chi connectivity index (χ0n) is 19.3. The molecule has 2 fully saturated rings. The van der Waals surface area contributed by atoms with Crippen molar-refractivity contribution in [3.8, 4) is 0 Å². The minimum Gasteiger partial charge on any atom is -0.325 e. The molecule has 4 amide bonds. The summed E-state index contributed by atoms with van der Waals surface area (Å²) >= 11 is 0. The molecule has 1 unspecified atom stereocenters. The fraction of sp³-hybridized carbons (Fsp3) is 0.400. The number of benzene rings is 2. The molecule has 1 aliphatic carbocycles. The van der Waals surface area contributed by atoms with Gasteiger partial charge in [-0.05, 0) is 67.5 Å². The Balaban J connectivity index is 1.26. The van der Waals surface area contributed by atoms with E-state index in [1.54, 1.807) is 0 Å². The fourth-order valence-electron chi connectivity index (χ4n) is 5.26. The zero-order chi connectivity index (χ0) is 24.6. The van der Waals surface area contributed by atoms with Crippen LogP contribution in [0.15, 0.2) is 53.4 Å². The van der Waals surface area contributed by atoms with Crippen LogP contribution in [0, 0.1) is 0 Å². The molecule has 9 nitrogen and oxygen atoms in total. The van der Waals surface area contributed by atoms with Crippen LogP contribution in [-0.4, -0.2) is 55.1 Å². The van der Waals surface area contributed by atoms with Crippen molar-refractivity contribution in [2.75, 3.05) is 25.0 Å². The van der Waals surface area contributed by atoms with Gasteiger partial charge in [-0.3, -0.25) is 14.5 Å². The van der Waals surface area contributed by atoms with E-state index in [0.29, 0.717) is 25.2 Å². The van der Waals surface area contributed by atoms with Gasteiger partial charge in [-0.15, -0.1) is 0 Å². The Morgan fingerprint density at radius 1 is 0.971 bits per heavy atom. The lowest BCUT2D eigenvalue weighted by Crippen LogP contribution is -2.47. The first-order valence-corrected chi connectivity index (χ1v) is 13.4. The van der Waals surface area contributed by atoms with Gasteiger partial charge in [0.15, 0.2) is 0 Å². The number of carbonyl (C=O) groups is 3. The van der Waals surface area contributed by atoms with Gasteiger partial charge in [0.2, 0.25) is 15.9 Å². The van der Waals surface area contributed by atoms with Crippen LogP contribution in [-0.2, 0) is 31.6 Å². The highest BCUT2D eigenvalue weighted by Crippen LogP contribution is 2.39. The van der Waals surface area contributed by atoms with Crippen molar-refractivity contribution >= 4 is 33.6 Å². The van der Waals surface area contributed by atoms with Crippen molar-refractivity contribution in [3.05, 3.63) is 59.7 Å². The van der Waals surface area contributed by atoms with E-state index in [0.717, 1.165) is 48.1 Å². The lowest BCUT2D eigenvalue weighted by atomic mass is 9.76. The van der Waals surface area contributed by atoms with E-state index in [1.165, 1.54) is 28.6 Å². The molecule has 5 rings (SSSR count). The molecule has 2 aromatic carbocycles. The van der Waals surface area contributed by atoms with Crippen LogP contribution in [0.1, 0.15) is 43.2 Å². The average molecular weight is 497 g/mol. The zero-order valence-corrected chi connectivity index (χ0v) is 20.1. The Hall–Kier alpha value is -3.24. The first-order chi connectivity index (χ1) is 16.8. The van der Waals surface area contributed by atoms with Gasteiger partial charge >= 0.3 is 6.03 Å². The summed E-state index contributed by atoms with van der Waals surface area (Å²) in [5.41, 5.74) is 1.07. The van der Waals surface area contributed by atoms with E-state index < -0.39 is 40.0 Å². The number of carbonyl (C=O) groups excluding carboxylic acids is 3. The molecule has 10 heteroatoms. The van der Waals surface area contributed by atoms with Crippen LogP contribution in [0.25, 0.3) is 0 Å². The van der Waals surface area contributed by atoms with Gasteiger partial charge in [-0.2, -0.15) is 4.31 Å². The molecule has 2 aromatic rings. The summed E-state index contributed by atoms with van der Waals surface area (Å²) in [6.07, 6.45) is 4.81. The molecule has 2 heterocycles. The molecule has 2 aliphatic heterocycles. The summed E-state index contributed by atoms with van der Waals surface area (Å²) in [4.78, 5) is 39.9. The van der Waals surface area contributed by atoms with Crippen LogP contribution in [0.3, 0.4) is 0 Å². The summed E-state index contributed by atoms with van der Waals surface area (Å²) in [6.45, 7) is 0.597. The van der Waals surface area contributed by atoms with Crippen molar-refractivity contribution in [3.63, 3.8) is 0 Å². The summed E-state index contributed by atoms with van der Waals surface area (Å²) in [5.74, 6) is -0.964. The second-order valence-electron chi connectivity index (χ2n) is 9.27. The predicted molar refractivity (Wildman–Crippen MR) is 129 cm³/mol. The molecule has 2 saturated heterocycles. The molecule has 0 radical (unpaired) electrons. The third kappa shape index (κ3) is 4.21. The number of nitrogens with one attached hydrogen (secondary N) is 2. The maximum Gasteiger partial charge on any atom is 0.325 e. The molecule has 1 spiro atoms. The Morgan fingerprint density at radius 2 is 1.69 bits per heavy atom. The number of sulfonamides is 1. The summed E-state index contributed by atoms with van der Waals surface area (Å²) in [6, 6.07) is 12.9. The number of anilines is 1. The molecule has 1 atom stereocenters. The number of nitrogens with zero attached hydrogens (tertiary/aromatic N) is 2. The quantitative estimate of drug-likeness (QED) is 0.618. The molecule has 3 aliphatic rings. The molecule has 0 aromatic heterocycles. The van der Waals surface area contributed by atoms with Crippen molar-refractivity contribution in [2.45, 2.75) is 49.0 Å².